The number of aromatic nitrogens is 3. The predicted octanol–water partition coefficient (Wildman–Crippen LogP) is 2.94. The van der Waals surface area contributed by atoms with Gasteiger partial charge in [0.05, 0.1) is 6.61 Å². The van der Waals surface area contributed by atoms with E-state index in [0.29, 0.717) is 24.9 Å². The fourth-order valence-corrected chi connectivity index (χ4v) is 3.60. The maximum atomic E-state index is 12.8. The van der Waals surface area contributed by atoms with Gasteiger partial charge in [0, 0.05) is 17.7 Å². The van der Waals surface area contributed by atoms with Crippen LogP contribution >= 0.6 is 0 Å². The number of ketones is 1. The smallest absolute Gasteiger partial charge is 0.226 e. The molecule has 0 saturated heterocycles. The first-order chi connectivity index (χ1) is 11.7. The minimum Gasteiger partial charge on any atom is -0.494 e. The zero-order chi connectivity index (χ0) is 16.7. The molecule has 1 N–H and O–H groups in total. The Morgan fingerprint density at radius 3 is 3.08 bits per heavy atom. The normalized spacial score (nSPS) is 22.7. The number of benzene rings is 1. The van der Waals surface area contributed by atoms with Gasteiger partial charge in [-0.1, -0.05) is 19.1 Å². The van der Waals surface area contributed by atoms with Crippen molar-refractivity contribution in [2.45, 2.75) is 32.7 Å². The highest BCUT2D eigenvalue weighted by molar-refractivity contribution is 5.99. The molecule has 1 aliphatic carbocycles. The van der Waals surface area contributed by atoms with E-state index in [1.165, 1.54) is 6.33 Å². The molecule has 6 heteroatoms. The lowest BCUT2D eigenvalue weighted by molar-refractivity contribution is -0.117. The number of ether oxygens (including phenoxy) is 1. The van der Waals surface area contributed by atoms with Crippen molar-refractivity contribution in [3.63, 3.8) is 0 Å². The fraction of sp³-hybridized carbons (Fsp3) is 0.389. The Morgan fingerprint density at radius 2 is 2.25 bits per heavy atom. The summed E-state index contributed by atoms with van der Waals surface area (Å²) in [6.07, 6.45) is 2.95. The Labute approximate surface area is 140 Å². The number of Topliss-reactive ketones (excluding diaryl/α,β-unsaturated/α-hetero) is 1. The van der Waals surface area contributed by atoms with Crippen molar-refractivity contribution in [2.75, 3.05) is 11.9 Å². The van der Waals surface area contributed by atoms with Crippen LogP contribution < -0.4 is 10.1 Å². The minimum atomic E-state index is -0.251. The molecule has 4 rings (SSSR count). The standard InChI is InChI=1S/C18H20N4O2/c1-3-24-13-6-4-5-12(9-13)17-16-14(7-11(2)8-15(16)23)21-18-19-10-20-22(17)18/h4-6,9-11,17H,3,7-8H2,1-2H3,(H,19,20,21)/t11-,17+/m1/s1. The molecule has 2 aromatic rings. The van der Waals surface area contributed by atoms with Crippen LogP contribution in [0.25, 0.3) is 0 Å². The number of fused-ring (bicyclic) bond motifs is 1. The number of carbonyl (C=O) groups excluding carboxylic acids is 1. The number of hydrogen-bond donors (Lipinski definition) is 1. The Kier molecular flexibility index (Phi) is 3.59. The molecule has 24 heavy (non-hydrogen) atoms. The Balaban J connectivity index is 1.85. The number of anilines is 1. The summed E-state index contributed by atoms with van der Waals surface area (Å²) in [4.78, 5) is 17.1. The van der Waals surface area contributed by atoms with Crippen molar-refractivity contribution < 1.29 is 9.53 Å². The third kappa shape index (κ3) is 2.38. The van der Waals surface area contributed by atoms with Gasteiger partial charge in [0.25, 0.3) is 0 Å². The Morgan fingerprint density at radius 1 is 1.38 bits per heavy atom. The Hall–Kier alpha value is -2.63. The van der Waals surface area contributed by atoms with E-state index in [0.717, 1.165) is 29.0 Å². The number of carbonyl (C=O) groups is 1. The van der Waals surface area contributed by atoms with Crippen LogP contribution in [0.5, 0.6) is 5.75 Å². The molecular weight excluding hydrogens is 304 g/mol. The van der Waals surface area contributed by atoms with Gasteiger partial charge in [0.15, 0.2) is 5.78 Å². The van der Waals surface area contributed by atoms with E-state index in [1.54, 1.807) is 4.68 Å². The van der Waals surface area contributed by atoms with Crippen LogP contribution in [-0.4, -0.2) is 27.2 Å². The molecule has 1 aliphatic heterocycles. The quantitative estimate of drug-likeness (QED) is 0.940. The maximum absolute atomic E-state index is 12.8. The molecule has 1 aromatic carbocycles. The largest absolute Gasteiger partial charge is 0.494 e. The molecule has 6 nitrogen and oxygen atoms in total. The zero-order valence-corrected chi connectivity index (χ0v) is 13.8. The third-order valence-corrected chi connectivity index (χ3v) is 4.55. The molecule has 0 amide bonds. The van der Waals surface area contributed by atoms with Gasteiger partial charge in [0.2, 0.25) is 5.95 Å². The topological polar surface area (TPSA) is 69.0 Å². The minimum absolute atomic E-state index is 0.184. The lowest BCUT2D eigenvalue weighted by atomic mass is 9.81. The summed E-state index contributed by atoms with van der Waals surface area (Å²) in [7, 11) is 0. The van der Waals surface area contributed by atoms with Crippen LogP contribution in [0.2, 0.25) is 0 Å². The summed E-state index contributed by atoms with van der Waals surface area (Å²) in [5.74, 6) is 2.01. The average molecular weight is 324 g/mol. The van der Waals surface area contributed by atoms with Gasteiger partial charge in [-0.05, 0) is 37.0 Å². The van der Waals surface area contributed by atoms with Crippen molar-refractivity contribution in [1.82, 2.24) is 14.8 Å². The number of hydrogen-bond acceptors (Lipinski definition) is 5. The van der Waals surface area contributed by atoms with Gasteiger partial charge >= 0.3 is 0 Å². The molecule has 2 aliphatic rings. The van der Waals surface area contributed by atoms with E-state index in [2.05, 4.69) is 22.3 Å². The summed E-state index contributed by atoms with van der Waals surface area (Å²) in [6, 6.07) is 7.63. The lowest BCUT2D eigenvalue weighted by Gasteiger charge is -2.34. The van der Waals surface area contributed by atoms with Gasteiger partial charge in [-0.3, -0.25) is 4.79 Å². The molecule has 1 aromatic heterocycles. The number of allylic oxidation sites excluding steroid dienone is 2. The second-order valence-corrected chi connectivity index (χ2v) is 6.39. The second-order valence-electron chi connectivity index (χ2n) is 6.39. The molecule has 0 unspecified atom stereocenters. The van der Waals surface area contributed by atoms with E-state index in [4.69, 9.17) is 4.74 Å². The molecule has 0 fully saturated rings. The van der Waals surface area contributed by atoms with Gasteiger partial charge in [-0.25, -0.2) is 4.68 Å². The first-order valence-corrected chi connectivity index (χ1v) is 8.33. The molecule has 0 bridgehead atoms. The van der Waals surface area contributed by atoms with Crippen LogP contribution in [0, 0.1) is 5.92 Å². The molecular formula is C18H20N4O2. The summed E-state index contributed by atoms with van der Waals surface area (Å²) in [5.41, 5.74) is 2.77. The summed E-state index contributed by atoms with van der Waals surface area (Å²) < 4.78 is 7.41. The summed E-state index contributed by atoms with van der Waals surface area (Å²) in [5, 5.41) is 7.65. The first kappa shape index (κ1) is 14.9. The highest BCUT2D eigenvalue weighted by atomic mass is 16.5. The summed E-state index contributed by atoms with van der Waals surface area (Å²) in [6.45, 7) is 4.67. The third-order valence-electron chi connectivity index (χ3n) is 4.55. The van der Waals surface area contributed by atoms with Gasteiger partial charge in [0.1, 0.15) is 18.1 Å². The van der Waals surface area contributed by atoms with Crippen molar-refractivity contribution in [1.29, 1.82) is 0 Å². The molecule has 124 valence electrons. The van der Waals surface area contributed by atoms with E-state index in [1.807, 2.05) is 31.2 Å². The van der Waals surface area contributed by atoms with Crippen molar-refractivity contribution >= 4 is 11.7 Å². The lowest BCUT2D eigenvalue weighted by Crippen LogP contribution is -2.33. The van der Waals surface area contributed by atoms with E-state index in [-0.39, 0.29) is 11.8 Å². The van der Waals surface area contributed by atoms with Crippen LogP contribution in [0.15, 0.2) is 41.9 Å². The number of rotatable bonds is 3. The monoisotopic (exact) mass is 324 g/mol. The molecule has 2 heterocycles. The van der Waals surface area contributed by atoms with Gasteiger partial charge in [-0.15, -0.1) is 0 Å². The highest BCUT2D eigenvalue weighted by Crippen LogP contribution is 2.41. The number of nitrogens with one attached hydrogen (secondary N) is 1. The predicted molar refractivity (Wildman–Crippen MR) is 89.8 cm³/mol. The van der Waals surface area contributed by atoms with Crippen molar-refractivity contribution in [3.8, 4) is 5.75 Å². The van der Waals surface area contributed by atoms with Crippen molar-refractivity contribution in [3.05, 3.63) is 47.4 Å². The van der Waals surface area contributed by atoms with Crippen LogP contribution in [0.3, 0.4) is 0 Å². The average Bonchev–Trinajstić information content (AvgIpc) is 3.01. The number of nitrogens with zero attached hydrogens (tertiary/aromatic N) is 3. The van der Waals surface area contributed by atoms with E-state index >= 15 is 0 Å². The van der Waals surface area contributed by atoms with E-state index < -0.39 is 0 Å². The summed E-state index contributed by atoms with van der Waals surface area (Å²) >= 11 is 0. The molecule has 2 atom stereocenters. The van der Waals surface area contributed by atoms with E-state index in [9.17, 15) is 4.79 Å². The van der Waals surface area contributed by atoms with Crippen molar-refractivity contribution in [2.24, 2.45) is 5.92 Å². The Bertz CT molecular complexity index is 824. The highest BCUT2D eigenvalue weighted by Gasteiger charge is 2.37. The zero-order valence-electron chi connectivity index (χ0n) is 13.8. The van der Waals surface area contributed by atoms with Crippen LogP contribution in [-0.2, 0) is 4.79 Å². The fourth-order valence-electron chi connectivity index (χ4n) is 3.60. The van der Waals surface area contributed by atoms with Crippen LogP contribution in [0.4, 0.5) is 5.95 Å². The van der Waals surface area contributed by atoms with Crippen LogP contribution in [0.1, 0.15) is 38.3 Å². The maximum Gasteiger partial charge on any atom is 0.226 e. The van der Waals surface area contributed by atoms with Gasteiger partial charge < -0.3 is 10.1 Å². The second kappa shape index (κ2) is 5.78. The SMILES string of the molecule is CCOc1cccc([C@H]2C3=C(C[C@@H](C)CC3=O)Nc3ncnn32)c1. The molecule has 0 spiro atoms. The molecule has 0 radical (unpaired) electrons. The molecule has 0 saturated carbocycles. The first-order valence-electron chi connectivity index (χ1n) is 8.33. The van der Waals surface area contributed by atoms with Gasteiger partial charge in [-0.2, -0.15) is 10.1 Å².